The van der Waals surface area contributed by atoms with E-state index in [2.05, 4.69) is 27.5 Å². The van der Waals surface area contributed by atoms with E-state index in [0.29, 0.717) is 17.6 Å². The number of aromatic amines is 1. The molecule has 1 fully saturated rings. The van der Waals surface area contributed by atoms with Crippen LogP contribution in [0.3, 0.4) is 0 Å². The van der Waals surface area contributed by atoms with Crippen LogP contribution >= 0.6 is 0 Å². The number of rotatable bonds is 3. The van der Waals surface area contributed by atoms with Gasteiger partial charge in [0.25, 0.3) is 5.56 Å². The molecule has 1 aromatic heterocycles. The Kier molecular flexibility index (Phi) is 5.32. The maximum atomic E-state index is 13.0. The van der Waals surface area contributed by atoms with E-state index in [-0.39, 0.29) is 35.2 Å². The molecule has 0 spiro atoms. The molecule has 2 aliphatic heterocycles. The molecule has 0 aliphatic carbocycles. The molecule has 0 bridgehead atoms. The van der Waals surface area contributed by atoms with Gasteiger partial charge in [-0.2, -0.15) is 4.98 Å². The zero-order chi connectivity index (χ0) is 21.4. The summed E-state index contributed by atoms with van der Waals surface area (Å²) in [5.41, 5.74) is 2.51. The quantitative estimate of drug-likeness (QED) is 0.723. The van der Waals surface area contributed by atoms with E-state index in [9.17, 15) is 14.4 Å². The van der Waals surface area contributed by atoms with Crippen molar-refractivity contribution in [3.05, 3.63) is 45.2 Å². The third-order valence-corrected chi connectivity index (χ3v) is 5.85. The van der Waals surface area contributed by atoms with Gasteiger partial charge in [-0.05, 0) is 44.2 Å². The van der Waals surface area contributed by atoms with Gasteiger partial charge in [-0.25, -0.2) is 0 Å². The van der Waals surface area contributed by atoms with Crippen molar-refractivity contribution in [2.75, 3.05) is 28.6 Å². The molecule has 30 heavy (non-hydrogen) atoms. The first-order valence-electron chi connectivity index (χ1n) is 10.4. The Bertz CT molecular complexity index is 1060. The molecule has 1 saturated heterocycles. The van der Waals surface area contributed by atoms with Gasteiger partial charge in [-0.1, -0.05) is 24.6 Å². The minimum atomic E-state index is -0.889. The van der Waals surface area contributed by atoms with E-state index in [4.69, 9.17) is 0 Å². The summed E-state index contributed by atoms with van der Waals surface area (Å²) >= 11 is 0. The molecule has 2 atom stereocenters. The molecule has 0 saturated carbocycles. The van der Waals surface area contributed by atoms with Crippen LogP contribution in [-0.4, -0.2) is 34.9 Å². The number of nitrogens with one attached hydrogen (secondary N) is 3. The third-order valence-electron chi connectivity index (χ3n) is 5.85. The maximum absolute atomic E-state index is 13.0. The highest BCUT2D eigenvalue weighted by Crippen LogP contribution is 2.31. The topological polar surface area (TPSA) is 107 Å². The number of anilines is 3. The summed E-state index contributed by atoms with van der Waals surface area (Å²) in [5.74, 6) is -0.458. The number of carbonyl (C=O) groups is 2. The van der Waals surface area contributed by atoms with Gasteiger partial charge in [-0.15, -0.1) is 0 Å². The molecule has 2 aromatic rings. The fraction of sp³-hybridized carbons (Fsp3) is 0.455. The number of H-pyrrole nitrogens is 1. The lowest BCUT2D eigenvalue weighted by Gasteiger charge is -2.32. The van der Waals surface area contributed by atoms with Crippen LogP contribution in [0.2, 0.25) is 0 Å². The summed E-state index contributed by atoms with van der Waals surface area (Å²) in [5, 5.41) is 5.55. The zero-order valence-electron chi connectivity index (χ0n) is 17.5. The lowest BCUT2D eigenvalue weighted by atomic mass is 9.92. The first-order valence-corrected chi connectivity index (χ1v) is 10.4. The van der Waals surface area contributed by atoms with Crippen LogP contribution in [0.15, 0.2) is 23.0 Å². The number of piperidine rings is 1. The first-order chi connectivity index (χ1) is 14.3. The van der Waals surface area contributed by atoms with Crippen molar-refractivity contribution in [1.82, 2.24) is 9.97 Å². The molecule has 2 amide bonds. The van der Waals surface area contributed by atoms with E-state index >= 15 is 0 Å². The number of nitrogens with zero attached hydrogens (tertiary/aromatic N) is 2. The predicted octanol–water partition coefficient (Wildman–Crippen LogP) is 2.69. The third kappa shape index (κ3) is 3.94. The lowest BCUT2D eigenvalue weighted by Crippen LogP contribution is -2.40. The standard InChI is InChI=1S/C22H27N5O3/c1-12-6-7-16(14(3)9-12)23-20(29)15-10-17(28)24-19-18(15)21(30)26-22(25-19)27-8-4-5-13(2)11-27/h6-7,9,13,15H,4-5,8,10-11H2,1-3H3,(H,23,29)(H2,24,25,26,28,30). The van der Waals surface area contributed by atoms with Crippen LogP contribution < -0.4 is 21.1 Å². The number of carbonyl (C=O) groups excluding carboxylic acids is 2. The number of fused-ring (bicyclic) bond motifs is 1. The van der Waals surface area contributed by atoms with Gasteiger partial charge in [0.15, 0.2) is 0 Å². The fourth-order valence-corrected chi connectivity index (χ4v) is 4.29. The molecule has 2 unspecified atom stereocenters. The van der Waals surface area contributed by atoms with Gasteiger partial charge in [-0.3, -0.25) is 19.4 Å². The van der Waals surface area contributed by atoms with Crippen molar-refractivity contribution in [1.29, 1.82) is 0 Å². The summed E-state index contributed by atoms with van der Waals surface area (Å²) in [7, 11) is 0. The normalized spacial score (nSPS) is 21.0. The van der Waals surface area contributed by atoms with Gasteiger partial charge in [0, 0.05) is 25.2 Å². The second-order valence-electron chi connectivity index (χ2n) is 8.46. The van der Waals surface area contributed by atoms with Crippen LogP contribution in [0, 0.1) is 19.8 Å². The second kappa shape index (κ2) is 7.93. The molecular formula is C22H27N5O3. The number of amides is 2. The van der Waals surface area contributed by atoms with Gasteiger partial charge >= 0.3 is 0 Å². The fourth-order valence-electron chi connectivity index (χ4n) is 4.29. The van der Waals surface area contributed by atoms with E-state index in [1.807, 2.05) is 36.9 Å². The molecule has 158 valence electrons. The number of hydrogen-bond donors (Lipinski definition) is 3. The van der Waals surface area contributed by atoms with Crippen LogP contribution in [0.4, 0.5) is 17.5 Å². The molecular weight excluding hydrogens is 382 g/mol. The second-order valence-corrected chi connectivity index (χ2v) is 8.46. The molecule has 1 aromatic carbocycles. The number of aromatic nitrogens is 2. The number of hydrogen-bond acceptors (Lipinski definition) is 5. The highest BCUT2D eigenvalue weighted by molar-refractivity contribution is 6.04. The Morgan fingerprint density at radius 2 is 2.07 bits per heavy atom. The Morgan fingerprint density at radius 3 is 2.80 bits per heavy atom. The monoisotopic (exact) mass is 409 g/mol. The van der Waals surface area contributed by atoms with Crippen LogP contribution in [-0.2, 0) is 9.59 Å². The largest absolute Gasteiger partial charge is 0.342 e. The highest BCUT2D eigenvalue weighted by atomic mass is 16.2. The van der Waals surface area contributed by atoms with Crippen molar-refractivity contribution in [2.45, 2.75) is 46.0 Å². The Morgan fingerprint density at radius 1 is 1.27 bits per heavy atom. The van der Waals surface area contributed by atoms with Crippen molar-refractivity contribution in [3.8, 4) is 0 Å². The Labute approximate surface area is 175 Å². The Balaban J connectivity index is 1.65. The lowest BCUT2D eigenvalue weighted by molar-refractivity contribution is -0.123. The average molecular weight is 409 g/mol. The van der Waals surface area contributed by atoms with E-state index < -0.39 is 5.92 Å². The van der Waals surface area contributed by atoms with Crippen LogP contribution in [0.1, 0.15) is 48.8 Å². The van der Waals surface area contributed by atoms with Crippen LogP contribution in [0.5, 0.6) is 0 Å². The van der Waals surface area contributed by atoms with Gasteiger partial charge < -0.3 is 15.5 Å². The summed E-state index contributed by atoms with van der Waals surface area (Å²) in [6.45, 7) is 7.65. The first kappa shape index (κ1) is 20.1. The zero-order valence-corrected chi connectivity index (χ0v) is 17.5. The maximum Gasteiger partial charge on any atom is 0.258 e. The summed E-state index contributed by atoms with van der Waals surface area (Å²) < 4.78 is 0. The molecule has 8 heteroatoms. The molecule has 8 nitrogen and oxygen atoms in total. The van der Waals surface area contributed by atoms with Crippen molar-refractivity contribution < 1.29 is 9.59 Å². The Hall–Kier alpha value is -3.16. The minimum absolute atomic E-state index is 0.0887. The average Bonchev–Trinajstić information content (AvgIpc) is 2.69. The van der Waals surface area contributed by atoms with Crippen molar-refractivity contribution in [3.63, 3.8) is 0 Å². The van der Waals surface area contributed by atoms with Crippen molar-refractivity contribution in [2.24, 2.45) is 5.92 Å². The molecule has 3 N–H and O–H groups in total. The predicted molar refractivity (Wildman–Crippen MR) is 116 cm³/mol. The molecule has 0 radical (unpaired) electrons. The molecule has 2 aliphatic rings. The number of aryl methyl sites for hydroxylation is 2. The van der Waals surface area contributed by atoms with E-state index in [1.165, 1.54) is 0 Å². The summed E-state index contributed by atoms with van der Waals surface area (Å²) in [6.07, 6.45) is 2.08. The van der Waals surface area contributed by atoms with E-state index in [0.717, 1.165) is 37.1 Å². The van der Waals surface area contributed by atoms with Crippen LogP contribution in [0.25, 0.3) is 0 Å². The van der Waals surface area contributed by atoms with E-state index in [1.54, 1.807) is 0 Å². The molecule has 3 heterocycles. The van der Waals surface area contributed by atoms with Crippen molar-refractivity contribution >= 4 is 29.3 Å². The minimum Gasteiger partial charge on any atom is -0.342 e. The van der Waals surface area contributed by atoms with Gasteiger partial charge in [0.2, 0.25) is 17.8 Å². The smallest absolute Gasteiger partial charge is 0.258 e. The summed E-state index contributed by atoms with van der Waals surface area (Å²) in [4.78, 5) is 47.6. The van der Waals surface area contributed by atoms with Gasteiger partial charge in [0.05, 0.1) is 11.5 Å². The SMILES string of the molecule is Cc1ccc(NC(=O)C2CC(=O)Nc3nc(N4CCCC(C)C4)[nH]c(=O)c32)c(C)c1. The molecule has 4 rings (SSSR count). The highest BCUT2D eigenvalue weighted by Gasteiger charge is 2.35. The summed E-state index contributed by atoms with van der Waals surface area (Å²) in [6, 6.07) is 5.71. The number of benzene rings is 1. The van der Waals surface area contributed by atoms with Gasteiger partial charge in [0.1, 0.15) is 5.82 Å².